The molecule has 0 aliphatic rings. The molecule has 2 nitrogen and oxygen atoms in total. The van der Waals surface area contributed by atoms with Crippen LogP contribution in [-0.4, -0.2) is 17.0 Å². The van der Waals surface area contributed by atoms with Gasteiger partial charge in [-0.1, -0.05) is 44.2 Å². The van der Waals surface area contributed by atoms with E-state index in [1.165, 1.54) is 6.92 Å². The Morgan fingerprint density at radius 2 is 1.79 bits per heavy atom. The average Bonchev–Trinajstić information content (AvgIpc) is 2.22. The van der Waals surface area contributed by atoms with E-state index in [-0.39, 0.29) is 5.78 Å². The first-order valence-corrected chi connectivity index (χ1v) is 4.92. The molecule has 0 radical (unpaired) electrons. The molecule has 0 heterocycles. The number of benzene rings is 1. The summed E-state index contributed by atoms with van der Waals surface area (Å²) >= 11 is 0. The van der Waals surface area contributed by atoms with E-state index in [9.17, 15) is 9.90 Å². The van der Waals surface area contributed by atoms with Crippen LogP contribution in [-0.2, 0) is 11.2 Å². The molecule has 78 valence electrons. The lowest BCUT2D eigenvalue weighted by Crippen LogP contribution is -2.19. The van der Waals surface area contributed by atoms with Crippen molar-refractivity contribution in [3.63, 3.8) is 0 Å². The van der Waals surface area contributed by atoms with Crippen LogP contribution in [0.3, 0.4) is 0 Å². The van der Waals surface area contributed by atoms with Gasteiger partial charge in [0.15, 0.2) is 5.78 Å². The molecular weight excluding hydrogens is 176 g/mol. The van der Waals surface area contributed by atoms with Crippen LogP contribution >= 0.6 is 0 Å². The van der Waals surface area contributed by atoms with Crippen LogP contribution in [0.15, 0.2) is 30.3 Å². The smallest absolute Gasteiger partial charge is 0.158 e. The molecule has 0 fully saturated rings. The van der Waals surface area contributed by atoms with Gasteiger partial charge in [0.05, 0.1) is 0 Å². The molecule has 0 aromatic heterocycles. The zero-order valence-electron chi connectivity index (χ0n) is 9.03. The summed E-state index contributed by atoms with van der Waals surface area (Å²) in [6.45, 7) is 5.40. The summed E-state index contributed by atoms with van der Waals surface area (Å²) < 4.78 is 0. The third-order valence-corrected chi connectivity index (χ3v) is 1.74. The minimum Gasteiger partial charge on any atom is -0.385 e. The van der Waals surface area contributed by atoms with Gasteiger partial charge in [0, 0.05) is 6.42 Å². The predicted molar refractivity (Wildman–Crippen MR) is 58.2 cm³/mol. The Labute approximate surface area is 85.6 Å². The van der Waals surface area contributed by atoms with Gasteiger partial charge in [0.2, 0.25) is 0 Å². The number of rotatable bonds is 3. The number of ketones is 1. The number of aliphatic hydroxyl groups is 1. The molecule has 2 heteroatoms. The van der Waals surface area contributed by atoms with Crippen LogP contribution in [0.25, 0.3) is 0 Å². The zero-order chi connectivity index (χ0) is 11.0. The van der Waals surface area contributed by atoms with Crippen molar-refractivity contribution in [3.8, 4) is 0 Å². The van der Waals surface area contributed by atoms with Gasteiger partial charge in [-0.05, 0) is 12.5 Å². The maximum atomic E-state index is 10.7. The van der Waals surface area contributed by atoms with E-state index >= 15 is 0 Å². The monoisotopic (exact) mass is 194 g/mol. The molecule has 0 aliphatic carbocycles. The lowest BCUT2D eigenvalue weighted by atomic mass is 10.1. The third-order valence-electron chi connectivity index (χ3n) is 1.74. The van der Waals surface area contributed by atoms with Crippen LogP contribution in [0, 0.1) is 0 Å². The van der Waals surface area contributed by atoms with Gasteiger partial charge in [0.25, 0.3) is 0 Å². The van der Waals surface area contributed by atoms with Gasteiger partial charge < -0.3 is 5.11 Å². The Hall–Kier alpha value is -1.15. The van der Waals surface area contributed by atoms with Crippen molar-refractivity contribution >= 4 is 5.78 Å². The molecule has 0 aliphatic heterocycles. The topological polar surface area (TPSA) is 37.3 Å². The van der Waals surface area contributed by atoms with Gasteiger partial charge >= 0.3 is 0 Å². The molecule has 0 amide bonds. The van der Waals surface area contributed by atoms with Crippen LogP contribution in [0.4, 0.5) is 0 Å². The SMILES string of the molecule is CC.CC(=O)C(O)Cc1ccccc1. The van der Waals surface area contributed by atoms with Gasteiger partial charge in [-0.2, -0.15) is 0 Å². The van der Waals surface area contributed by atoms with Crippen LogP contribution in [0.2, 0.25) is 0 Å². The molecule has 1 N–H and O–H groups in total. The minimum atomic E-state index is -0.854. The van der Waals surface area contributed by atoms with E-state index < -0.39 is 6.10 Å². The molecule has 1 atom stereocenters. The average molecular weight is 194 g/mol. The Balaban J connectivity index is 0.000000791. The van der Waals surface area contributed by atoms with Crippen molar-refractivity contribution in [1.29, 1.82) is 0 Å². The maximum absolute atomic E-state index is 10.7. The molecule has 0 bridgehead atoms. The van der Waals surface area contributed by atoms with Crippen molar-refractivity contribution in [2.24, 2.45) is 0 Å². The van der Waals surface area contributed by atoms with Gasteiger partial charge in [-0.25, -0.2) is 0 Å². The van der Waals surface area contributed by atoms with Crippen LogP contribution < -0.4 is 0 Å². The lowest BCUT2D eigenvalue weighted by Gasteiger charge is -2.05. The molecule has 0 saturated heterocycles. The highest BCUT2D eigenvalue weighted by atomic mass is 16.3. The fourth-order valence-electron chi connectivity index (χ4n) is 0.981. The van der Waals surface area contributed by atoms with Crippen molar-refractivity contribution in [1.82, 2.24) is 0 Å². The van der Waals surface area contributed by atoms with E-state index in [1.807, 2.05) is 44.2 Å². The lowest BCUT2D eigenvalue weighted by molar-refractivity contribution is -0.124. The molecule has 1 unspecified atom stereocenters. The number of hydrogen-bond acceptors (Lipinski definition) is 2. The maximum Gasteiger partial charge on any atom is 0.158 e. The van der Waals surface area contributed by atoms with Crippen molar-refractivity contribution in [2.45, 2.75) is 33.3 Å². The summed E-state index contributed by atoms with van der Waals surface area (Å²) in [7, 11) is 0. The van der Waals surface area contributed by atoms with E-state index in [1.54, 1.807) is 0 Å². The summed E-state index contributed by atoms with van der Waals surface area (Å²) in [5.41, 5.74) is 0.986. The second kappa shape index (κ2) is 7.27. The Morgan fingerprint density at radius 1 is 1.29 bits per heavy atom. The second-order valence-corrected chi connectivity index (χ2v) is 2.82. The molecule has 1 rings (SSSR count). The molecule has 0 spiro atoms. The summed E-state index contributed by atoms with van der Waals surface area (Å²) in [6, 6.07) is 9.48. The van der Waals surface area contributed by atoms with E-state index in [2.05, 4.69) is 0 Å². The molecule has 1 aromatic rings. The highest BCUT2D eigenvalue weighted by Gasteiger charge is 2.09. The first-order chi connectivity index (χ1) is 6.70. The zero-order valence-corrected chi connectivity index (χ0v) is 9.03. The first kappa shape index (κ1) is 12.8. The number of aliphatic hydroxyl groups excluding tert-OH is 1. The minimum absolute atomic E-state index is 0.182. The largest absolute Gasteiger partial charge is 0.385 e. The van der Waals surface area contributed by atoms with Crippen molar-refractivity contribution < 1.29 is 9.90 Å². The number of Topliss-reactive ketones (excluding diaryl/α,β-unsaturated/α-hetero) is 1. The van der Waals surface area contributed by atoms with E-state index in [0.717, 1.165) is 5.56 Å². The third kappa shape index (κ3) is 4.77. The molecule has 0 saturated carbocycles. The predicted octanol–water partition coefficient (Wildman–Crippen LogP) is 2.21. The number of carbonyl (C=O) groups is 1. The van der Waals surface area contributed by atoms with E-state index in [0.29, 0.717) is 6.42 Å². The Bertz CT molecular complexity index is 254. The summed E-state index contributed by atoms with van der Waals surface area (Å²) in [5, 5.41) is 9.23. The highest BCUT2D eigenvalue weighted by Crippen LogP contribution is 2.03. The fraction of sp³-hybridized carbons (Fsp3) is 0.417. The highest BCUT2D eigenvalue weighted by molar-refractivity contribution is 5.80. The molecular formula is C12H18O2. The summed E-state index contributed by atoms with van der Waals surface area (Å²) in [5.74, 6) is -0.182. The summed E-state index contributed by atoms with van der Waals surface area (Å²) in [4.78, 5) is 10.7. The fourth-order valence-corrected chi connectivity index (χ4v) is 0.981. The Kier molecular flexibility index (Phi) is 6.68. The quantitative estimate of drug-likeness (QED) is 0.801. The standard InChI is InChI=1S/C10H12O2.C2H6/c1-8(11)10(12)7-9-5-3-2-4-6-9;1-2/h2-6,10,12H,7H2,1H3;1-2H3. The number of hydrogen-bond donors (Lipinski definition) is 1. The second-order valence-electron chi connectivity index (χ2n) is 2.82. The van der Waals surface area contributed by atoms with Crippen molar-refractivity contribution in [3.05, 3.63) is 35.9 Å². The normalized spacial score (nSPS) is 11.1. The van der Waals surface area contributed by atoms with Crippen LogP contribution in [0.5, 0.6) is 0 Å². The summed E-state index contributed by atoms with van der Waals surface area (Å²) in [6.07, 6.45) is -0.441. The molecule has 1 aromatic carbocycles. The van der Waals surface area contributed by atoms with Crippen LogP contribution in [0.1, 0.15) is 26.3 Å². The first-order valence-electron chi connectivity index (χ1n) is 4.92. The molecule has 14 heavy (non-hydrogen) atoms. The number of carbonyl (C=O) groups excluding carboxylic acids is 1. The van der Waals surface area contributed by atoms with Gasteiger partial charge in [-0.3, -0.25) is 4.79 Å². The van der Waals surface area contributed by atoms with Gasteiger partial charge in [0.1, 0.15) is 6.10 Å². The van der Waals surface area contributed by atoms with E-state index in [4.69, 9.17) is 0 Å². The van der Waals surface area contributed by atoms with Crippen molar-refractivity contribution in [2.75, 3.05) is 0 Å². The Morgan fingerprint density at radius 3 is 2.21 bits per heavy atom. The van der Waals surface area contributed by atoms with Gasteiger partial charge in [-0.15, -0.1) is 0 Å².